The Balaban J connectivity index is 0.000000315. The Labute approximate surface area is 436 Å². The maximum atomic E-state index is 14.8. The Hall–Kier alpha value is -7.27. The van der Waals surface area contributed by atoms with Crippen LogP contribution in [0.15, 0.2) is 121 Å². The number of hydrogen-bond acceptors (Lipinski definition) is 7. The van der Waals surface area contributed by atoms with Gasteiger partial charge in [0.05, 0.1) is 46.0 Å². The second kappa shape index (κ2) is 28.1. The highest BCUT2D eigenvalue weighted by atomic mass is 35.5. The molecule has 0 saturated carbocycles. The van der Waals surface area contributed by atoms with E-state index < -0.39 is 5.97 Å². The van der Waals surface area contributed by atoms with E-state index in [2.05, 4.69) is 70.0 Å². The van der Waals surface area contributed by atoms with E-state index in [0.29, 0.717) is 40.9 Å². The monoisotopic (exact) mass is 1010 g/mol. The SMILES string of the molecule is C.CC#C[C@H](CC(=O)O)c1ccc(OCc2ccc(C(C)(C)C)c(-c3cc(OC)ccc3F)c2)cc1.CC#C[C@H](CC(=O)OC)c1ccc(O)cc1.COc1ccc(F)c(-c2cc(CCl)ccc2C(C)(C)C)c1. The lowest BCUT2D eigenvalue weighted by molar-refractivity contribution is -0.141. The van der Waals surface area contributed by atoms with Crippen LogP contribution in [-0.2, 0) is 37.6 Å². The van der Waals surface area contributed by atoms with E-state index in [1.807, 2.05) is 60.7 Å². The van der Waals surface area contributed by atoms with Crippen LogP contribution in [0.4, 0.5) is 8.78 Å². The molecule has 386 valence electrons. The summed E-state index contributed by atoms with van der Waals surface area (Å²) in [5, 5.41) is 18.3. The zero-order valence-electron chi connectivity index (χ0n) is 43.0. The van der Waals surface area contributed by atoms with Crippen molar-refractivity contribution in [1.29, 1.82) is 0 Å². The average molecular weight is 1020 g/mol. The van der Waals surface area contributed by atoms with Gasteiger partial charge in [-0.2, -0.15) is 0 Å². The van der Waals surface area contributed by atoms with Gasteiger partial charge in [-0.1, -0.05) is 109 Å². The van der Waals surface area contributed by atoms with E-state index in [-0.39, 0.29) is 66.3 Å². The molecular weight excluding hydrogens is 946 g/mol. The van der Waals surface area contributed by atoms with Gasteiger partial charge < -0.3 is 29.2 Å². The van der Waals surface area contributed by atoms with E-state index in [4.69, 9.17) is 36.0 Å². The topological polar surface area (TPSA) is 112 Å². The number of hydrogen-bond donors (Lipinski definition) is 2. The minimum atomic E-state index is -0.889. The maximum Gasteiger partial charge on any atom is 0.307 e. The lowest BCUT2D eigenvalue weighted by Gasteiger charge is -2.24. The Morgan fingerprint density at radius 3 is 1.42 bits per heavy atom. The third-order valence-electron chi connectivity index (χ3n) is 11.5. The molecule has 0 aliphatic heterocycles. The van der Waals surface area contributed by atoms with Gasteiger partial charge in [0.25, 0.3) is 0 Å². The van der Waals surface area contributed by atoms with Crippen molar-refractivity contribution in [3.63, 3.8) is 0 Å². The number of aliphatic carboxylic acids is 1. The average Bonchev–Trinajstić information content (AvgIpc) is 3.35. The smallest absolute Gasteiger partial charge is 0.307 e. The summed E-state index contributed by atoms with van der Waals surface area (Å²) in [6.07, 6.45) is 0.174. The number of carboxylic acids is 1. The van der Waals surface area contributed by atoms with E-state index in [9.17, 15) is 18.4 Å². The Morgan fingerprint density at radius 2 is 1.01 bits per heavy atom. The molecule has 0 radical (unpaired) electrons. The zero-order valence-corrected chi connectivity index (χ0v) is 43.8. The predicted molar refractivity (Wildman–Crippen MR) is 291 cm³/mol. The molecule has 0 heterocycles. The van der Waals surface area contributed by atoms with E-state index >= 15 is 0 Å². The number of alkyl halides is 1. The van der Waals surface area contributed by atoms with Crippen LogP contribution in [0.1, 0.15) is 121 Å². The second-order valence-electron chi connectivity index (χ2n) is 18.8. The lowest BCUT2D eigenvalue weighted by atomic mass is 9.81. The molecule has 0 aliphatic rings. The predicted octanol–water partition coefficient (Wildman–Crippen LogP) is 15.2. The van der Waals surface area contributed by atoms with Gasteiger partial charge in [0, 0.05) is 17.0 Å². The number of esters is 1. The van der Waals surface area contributed by atoms with Gasteiger partial charge >= 0.3 is 11.9 Å². The Kier molecular flexibility index (Phi) is 23.1. The second-order valence-corrected chi connectivity index (χ2v) is 19.1. The molecule has 0 unspecified atom stereocenters. The van der Waals surface area contributed by atoms with Crippen molar-refractivity contribution < 1.29 is 47.5 Å². The minimum Gasteiger partial charge on any atom is -0.508 e. The number of ether oxygens (including phenoxy) is 4. The molecule has 8 nitrogen and oxygen atoms in total. The standard InChI is InChI=1S/C30H31FO4.C18H20ClFO.C13H14O3.CH4/c1-6-7-22(17-29(32)33)21-9-11-23(12-10-21)35-19-20-8-14-27(30(2,3)4)25(16-20)26-18-24(34-5)13-15-28(26)31;1-18(2,3)16-7-5-12(11-19)9-14(16)15-10-13(21-4)6-8-17(15)20;1-3-4-11(9-13(15)16-2)10-5-7-12(14)8-6-10;/h8-16,18,22H,17,19H2,1-5H3,(H,32,33);5-10H,11H2,1-4H3;5-8,11,14H,9H2,1-2H3;1H4/t22-;;11-;/m1.1./s1. The first-order chi connectivity index (χ1) is 34.1. The minimum absolute atomic E-state index is 0. The molecule has 0 saturated heterocycles. The summed E-state index contributed by atoms with van der Waals surface area (Å²) < 4.78 is 50.3. The molecule has 0 amide bonds. The van der Waals surface area contributed by atoms with Crippen LogP contribution in [0.5, 0.6) is 23.0 Å². The molecule has 2 atom stereocenters. The highest BCUT2D eigenvalue weighted by Crippen LogP contribution is 2.39. The molecule has 0 bridgehead atoms. The molecule has 11 heteroatoms. The number of methoxy groups -OCH3 is 3. The van der Waals surface area contributed by atoms with Crippen molar-refractivity contribution >= 4 is 23.5 Å². The molecular formula is C62H69ClF2O8. The first-order valence-electron chi connectivity index (χ1n) is 23.3. The van der Waals surface area contributed by atoms with E-state index in [0.717, 1.165) is 44.5 Å². The number of halogens is 3. The van der Waals surface area contributed by atoms with Crippen LogP contribution >= 0.6 is 11.6 Å². The molecule has 73 heavy (non-hydrogen) atoms. The number of rotatable bonds is 14. The van der Waals surface area contributed by atoms with Crippen molar-refractivity contribution in [3.8, 4) is 68.9 Å². The number of phenols is 1. The van der Waals surface area contributed by atoms with Crippen LogP contribution in [0, 0.1) is 35.3 Å². The third-order valence-corrected chi connectivity index (χ3v) is 11.8. The fraction of sp³-hybridized carbons (Fsp3) is 0.323. The van der Waals surface area contributed by atoms with Gasteiger partial charge in [-0.3, -0.25) is 9.59 Å². The molecule has 6 aromatic carbocycles. The quantitative estimate of drug-likeness (QED) is 0.0630. The number of phenolic OH excluding ortho intramolecular Hbond substituents is 1. The van der Waals surface area contributed by atoms with Crippen molar-refractivity contribution in [3.05, 3.63) is 166 Å². The number of aromatic hydroxyl groups is 1. The number of carbonyl (C=O) groups excluding carboxylic acids is 1. The van der Waals surface area contributed by atoms with E-state index in [1.54, 1.807) is 76.6 Å². The van der Waals surface area contributed by atoms with Crippen LogP contribution in [0.3, 0.4) is 0 Å². The van der Waals surface area contributed by atoms with Gasteiger partial charge in [-0.25, -0.2) is 8.78 Å². The molecule has 0 aliphatic carbocycles. The number of carboxylic acid groups (broad SMARTS) is 1. The Morgan fingerprint density at radius 1 is 0.589 bits per heavy atom. The normalized spacial score (nSPS) is 11.4. The zero-order chi connectivity index (χ0) is 53.2. The highest BCUT2D eigenvalue weighted by Gasteiger charge is 2.23. The van der Waals surface area contributed by atoms with Crippen molar-refractivity contribution in [1.82, 2.24) is 0 Å². The Bertz CT molecular complexity index is 2890. The molecule has 2 N–H and O–H groups in total. The van der Waals surface area contributed by atoms with Crippen LogP contribution in [0.25, 0.3) is 22.3 Å². The fourth-order valence-electron chi connectivity index (χ4n) is 7.73. The number of benzene rings is 6. The first-order valence-corrected chi connectivity index (χ1v) is 23.8. The van der Waals surface area contributed by atoms with Crippen molar-refractivity contribution in [2.45, 2.75) is 111 Å². The first kappa shape index (κ1) is 60.0. The summed E-state index contributed by atoms with van der Waals surface area (Å²) in [5.74, 6) is 11.7. The third kappa shape index (κ3) is 17.8. The summed E-state index contributed by atoms with van der Waals surface area (Å²) in [6.45, 7) is 16.4. The van der Waals surface area contributed by atoms with Crippen LogP contribution < -0.4 is 14.2 Å². The summed E-state index contributed by atoms with van der Waals surface area (Å²) in [5.41, 5.74) is 8.16. The molecule has 6 rings (SSSR count). The summed E-state index contributed by atoms with van der Waals surface area (Å²) in [4.78, 5) is 22.3. The van der Waals surface area contributed by atoms with E-state index in [1.165, 1.54) is 19.2 Å². The van der Waals surface area contributed by atoms with Crippen LogP contribution in [0.2, 0.25) is 0 Å². The fourth-order valence-corrected chi connectivity index (χ4v) is 7.90. The van der Waals surface area contributed by atoms with Crippen molar-refractivity contribution in [2.24, 2.45) is 0 Å². The summed E-state index contributed by atoms with van der Waals surface area (Å²) in [6, 6.07) is 35.5. The highest BCUT2D eigenvalue weighted by molar-refractivity contribution is 6.17. The van der Waals surface area contributed by atoms with Crippen molar-refractivity contribution in [2.75, 3.05) is 21.3 Å². The summed E-state index contributed by atoms with van der Waals surface area (Å²) in [7, 11) is 4.50. The van der Waals surface area contributed by atoms with Gasteiger partial charge in [0.2, 0.25) is 0 Å². The maximum absolute atomic E-state index is 14.8. The molecule has 0 aromatic heterocycles. The van der Waals surface area contributed by atoms with Gasteiger partial charge in [-0.05, 0) is 142 Å². The largest absolute Gasteiger partial charge is 0.508 e. The molecule has 0 fully saturated rings. The van der Waals surface area contributed by atoms with Gasteiger partial charge in [0.15, 0.2) is 0 Å². The summed E-state index contributed by atoms with van der Waals surface area (Å²) >= 11 is 5.93. The molecule has 0 spiro atoms. The van der Waals surface area contributed by atoms with Gasteiger partial charge in [-0.15, -0.1) is 23.4 Å². The van der Waals surface area contributed by atoms with Crippen LogP contribution in [-0.4, -0.2) is 43.5 Å². The number of carbonyl (C=O) groups is 2. The molecule has 6 aromatic rings. The van der Waals surface area contributed by atoms with Gasteiger partial charge in [0.1, 0.15) is 41.2 Å². The lowest BCUT2D eigenvalue weighted by Crippen LogP contribution is -2.13.